The highest BCUT2D eigenvalue weighted by Gasteiger charge is 2.01. The Balaban J connectivity index is 2.31. The Morgan fingerprint density at radius 1 is 1.20 bits per heavy atom. The minimum absolute atomic E-state index is 0.573. The molecule has 0 saturated carbocycles. The van der Waals surface area contributed by atoms with Crippen molar-refractivity contribution in [3.63, 3.8) is 0 Å². The topological polar surface area (TPSA) is 17.8 Å². The first-order chi connectivity index (χ1) is 7.16. The summed E-state index contributed by atoms with van der Waals surface area (Å²) in [6, 6.07) is 8.48. The second-order valence-corrected chi connectivity index (χ2v) is 4.77. The first kappa shape index (κ1) is 10.4. The Hall–Kier alpha value is -1.09. The molecule has 0 N–H and O–H groups in total. The first-order valence-corrected chi connectivity index (χ1v) is 5.76. The normalized spacial score (nSPS) is 10.9. The summed E-state index contributed by atoms with van der Waals surface area (Å²) in [5.74, 6) is 0.573. The second-order valence-electron chi connectivity index (χ2n) is 3.85. The number of nitrogens with zero attached hydrogens (tertiary/aromatic N) is 2. The molecule has 2 rings (SSSR count). The minimum atomic E-state index is 0.573. The number of hydrogen-bond acceptors (Lipinski definition) is 1. The van der Waals surface area contributed by atoms with Crippen LogP contribution in [0.15, 0.2) is 41.1 Å². The Labute approximate surface area is 98.1 Å². The first-order valence-electron chi connectivity index (χ1n) is 4.97. The molecule has 0 aliphatic heterocycles. The van der Waals surface area contributed by atoms with E-state index in [0.29, 0.717) is 5.92 Å². The smallest absolute Gasteiger partial charge is 0.0646 e. The molecule has 0 aliphatic rings. The zero-order valence-corrected chi connectivity index (χ0v) is 10.4. The van der Waals surface area contributed by atoms with Gasteiger partial charge in [0, 0.05) is 6.20 Å². The van der Waals surface area contributed by atoms with E-state index in [0.717, 1.165) is 10.2 Å². The predicted molar refractivity (Wildman–Crippen MR) is 65.4 cm³/mol. The van der Waals surface area contributed by atoms with E-state index in [2.05, 4.69) is 59.1 Å². The van der Waals surface area contributed by atoms with Gasteiger partial charge in [0.2, 0.25) is 0 Å². The predicted octanol–water partition coefficient (Wildman–Crippen LogP) is 3.76. The highest BCUT2D eigenvalue weighted by Crippen LogP contribution is 2.17. The van der Waals surface area contributed by atoms with Gasteiger partial charge in [0.05, 0.1) is 16.4 Å². The Bertz CT molecular complexity index is 443. The van der Waals surface area contributed by atoms with Crippen LogP contribution in [0.5, 0.6) is 0 Å². The van der Waals surface area contributed by atoms with Crippen LogP contribution in [0.2, 0.25) is 0 Å². The van der Waals surface area contributed by atoms with Gasteiger partial charge in [0.25, 0.3) is 0 Å². The number of halogens is 1. The van der Waals surface area contributed by atoms with E-state index in [1.807, 2.05) is 10.9 Å². The summed E-state index contributed by atoms with van der Waals surface area (Å²) in [6.45, 7) is 4.39. The molecule has 0 unspecified atom stereocenters. The molecule has 0 spiro atoms. The van der Waals surface area contributed by atoms with Gasteiger partial charge in [0.15, 0.2) is 0 Å². The maximum atomic E-state index is 4.23. The van der Waals surface area contributed by atoms with Crippen molar-refractivity contribution in [2.75, 3.05) is 0 Å². The van der Waals surface area contributed by atoms with Gasteiger partial charge in [-0.2, -0.15) is 5.10 Å². The van der Waals surface area contributed by atoms with E-state index in [4.69, 9.17) is 0 Å². The van der Waals surface area contributed by atoms with Crippen molar-refractivity contribution in [1.82, 2.24) is 9.78 Å². The molecule has 0 bridgehead atoms. The van der Waals surface area contributed by atoms with Gasteiger partial charge in [-0.05, 0) is 39.5 Å². The van der Waals surface area contributed by atoms with E-state index in [-0.39, 0.29) is 0 Å². The fourth-order valence-electron chi connectivity index (χ4n) is 1.45. The number of benzene rings is 1. The van der Waals surface area contributed by atoms with Crippen molar-refractivity contribution in [1.29, 1.82) is 0 Å². The molecule has 1 aromatic carbocycles. The summed E-state index contributed by atoms with van der Waals surface area (Å²) in [7, 11) is 0. The molecule has 0 radical (unpaired) electrons. The Morgan fingerprint density at radius 3 is 2.33 bits per heavy atom. The lowest BCUT2D eigenvalue weighted by Gasteiger charge is -2.06. The molecule has 2 nitrogen and oxygen atoms in total. The molecular formula is C12H13BrN2. The van der Waals surface area contributed by atoms with E-state index in [9.17, 15) is 0 Å². The van der Waals surface area contributed by atoms with Gasteiger partial charge in [0.1, 0.15) is 0 Å². The van der Waals surface area contributed by atoms with Gasteiger partial charge in [-0.25, -0.2) is 4.68 Å². The summed E-state index contributed by atoms with van der Waals surface area (Å²) < 4.78 is 2.85. The fourth-order valence-corrected chi connectivity index (χ4v) is 1.74. The van der Waals surface area contributed by atoms with E-state index >= 15 is 0 Å². The Morgan fingerprint density at radius 2 is 1.87 bits per heavy atom. The van der Waals surface area contributed by atoms with Crippen molar-refractivity contribution >= 4 is 15.9 Å². The van der Waals surface area contributed by atoms with Crippen LogP contribution in [-0.2, 0) is 0 Å². The summed E-state index contributed by atoms with van der Waals surface area (Å²) in [5, 5.41) is 4.23. The van der Waals surface area contributed by atoms with Crippen LogP contribution in [-0.4, -0.2) is 9.78 Å². The van der Waals surface area contributed by atoms with Crippen LogP contribution >= 0.6 is 15.9 Å². The van der Waals surface area contributed by atoms with Gasteiger partial charge in [-0.3, -0.25) is 0 Å². The van der Waals surface area contributed by atoms with Crippen LogP contribution in [0.4, 0.5) is 0 Å². The molecular weight excluding hydrogens is 252 g/mol. The fraction of sp³-hybridized carbons (Fsp3) is 0.250. The molecule has 1 heterocycles. The molecule has 0 fully saturated rings. The third-order valence-electron chi connectivity index (χ3n) is 2.38. The lowest BCUT2D eigenvalue weighted by molar-refractivity contribution is 0.853. The van der Waals surface area contributed by atoms with Crippen molar-refractivity contribution < 1.29 is 0 Å². The highest BCUT2D eigenvalue weighted by molar-refractivity contribution is 9.10. The Kier molecular flexibility index (Phi) is 2.91. The molecule has 1 aromatic heterocycles. The summed E-state index contributed by atoms with van der Waals surface area (Å²) in [6.07, 6.45) is 3.74. The summed E-state index contributed by atoms with van der Waals surface area (Å²) >= 11 is 3.38. The standard InChI is InChI=1S/C12H13BrN2/c1-9(2)10-3-5-12(6-4-10)15-8-11(13)7-14-15/h3-9H,1-2H3. The summed E-state index contributed by atoms with van der Waals surface area (Å²) in [4.78, 5) is 0. The molecule has 0 saturated heterocycles. The van der Waals surface area contributed by atoms with Crippen LogP contribution in [0, 0.1) is 0 Å². The van der Waals surface area contributed by atoms with Gasteiger partial charge < -0.3 is 0 Å². The summed E-state index contributed by atoms with van der Waals surface area (Å²) in [5.41, 5.74) is 2.44. The van der Waals surface area contributed by atoms with Gasteiger partial charge in [-0.15, -0.1) is 0 Å². The minimum Gasteiger partial charge on any atom is -0.240 e. The molecule has 0 amide bonds. The zero-order valence-electron chi connectivity index (χ0n) is 8.81. The van der Waals surface area contributed by atoms with Gasteiger partial charge in [-0.1, -0.05) is 26.0 Å². The largest absolute Gasteiger partial charge is 0.240 e. The van der Waals surface area contributed by atoms with Crippen LogP contribution in [0.3, 0.4) is 0 Å². The number of aromatic nitrogens is 2. The van der Waals surface area contributed by atoms with E-state index in [1.54, 1.807) is 6.20 Å². The average Bonchev–Trinajstić information content (AvgIpc) is 2.65. The maximum absolute atomic E-state index is 4.23. The maximum Gasteiger partial charge on any atom is 0.0646 e. The van der Waals surface area contributed by atoms with E-state index < -0.39 is 0 Å². The van der Waals surface area contributed by atoms with Crippen LogP contribution < -0.4 is 0 Å². The molecule has 2 aromatic rings. The zero-order chi connectivity index (χ0) is 10.8. The molecule has 3 heteroatoms. The van der Waals surface area contributed by atoms with Gasteiger partial charge >= 0.3 is 0 Å². The SMILES string of the molecule is CC(C)c1ccc(-n2cc(Br)cn2)cc1. The lowest BCUT2D eigenvalue weighted by atomic mass is 10.0. The molecule has 0 aliphatic carbocycles. The third kappa shape index (κ3) is 2.29. The van der Waals surface area contributed by atoms with Crippen molar-refractivity contribution in [2.45, 2.75) is 19.8 Å². The van der Waals surface area contributed by atoms with E-state index in [1.165, 1.54) is 5.56 Å². The van der Waals surface area contributed by atoms with Crippen molar-refractivity contribution in [3.05, 3.63) is 46.7 Å². The quantitative estimate of drug-likeness (QED) is 0.808. The third-order valence-corrected chi connectivity index (χ3v) is 2.78. The van der Waals surface area contributed by atoms with Crippen molar-refractivity contribution in [3.8, 4) is 5.69 Å². The van der Waals surface area contributed by atoms with Crippen LogP contribution in [0.1, 0.15) is 25.3 Å². The molecule has 0 atom stereocenters. The van der Waals surface area contributed by atoms with Crippen LogP contribution in [0.25, 0.3) is 5.69 Å². The molecule has 15 heavy (non-hydrogen) atoms. The number of hydrogen-bond donors (Lipinski definition) is 0. The monoisotopic (exact) mass is 264 g/mol. The average molecular weight is 265 g/mol. The molecule has 78 valence electrons. The number of rotatable bonds is 2. The van der Waals surface area contributed by atoms with Crippen molar-refractivity contribution in [2.24, 2.45) is 0 Å². The highest BCUT2D eigenvalue weighted by atomic mass is 79.9. The second kappa shape index (κ2) is 4.19. The lowest BCUT2D eigenvalue weighted by Crippen LogP contribution is -1.95.